The molecule has 0 radical (unpaired) electrons. The first-order valence-corrected chi connectivity index (χ1v) is 11.2. The predicted octanol–water partition coefficient (Wildman–Crippen LogP) is 1.11. The SMILES string of the molecule is COc1ccc2c(ncc3c2n(Cc2c(F)cc(S(N)(=O)=O)cc2F)c(=O)n3CCCO)n1. The fraction of sp³-hybridized carbons (Fsp3) is 0.250. The van der Waals surface area contributed by atoms with Gasteiger partial charge in [-0.05, 0) is 24.6 Å². The molecule has 10 nitrogen and oxygen atoms in total. The van der Waals surface area contributed by atoms with Crippen LogP contribution < -0.4 is 15.6 Å². The maximum Gasteiger partial charge on any atom is 0.329 e. The topological polar surface area (TPSA) is 142 Å². The Balaban J connectivity index is 1.98. The summed E-state index contributed by atoms with van der Waals surface area (Å²) in [5.74, 6) is -2.04. The van der Waals surface area contributed by atoms with Gasteiger partial charge in [0, 0.05) is 30.2 Å². The summed E-state index contributed by atoms with van der Waals surface area (Å²) in [5, 5.41) is 14.6. The van der Waals surface area contributed by atoms with Crippen LogP contribution in [0.5, 0.6) is 5.88 Å². The van der Waals surface area contributed by atoms with E-state index in [1.807, 2.05) is 0 Å². The number of pyridine rings is 2. The first-order valence-electron chi connectivity index (χ1n) is 9.70. The molecule has 0 bridgehead atoms. The number of methoxy groups -OCH3 is 1. The average Bonchev–Trinajstić information content (AvgIpc) is 3.04. The third-order valence-corrected chi connectivity index (χ3v) is 6.08. The van der Waals surface area contributed by atoms with Crippen LogP contribution in [0.3, 0.4) is 0 Å². The Bertz CT molecular complexity index is 1530. The molecule has 13 heteroatoms. The molecule has 3 N–H and O–H groups in total. The summed E-state index contributed by atoms with van der Waals surface area (Å²) in [6, 6.07) is 4.40. The number of aliphatic hydroxyl groups is 1. The number of nitrogens with zero attached hydrogens (tertiary/aromatic N) is 4. The minimum absolute atomic E-state index is 0.144. The Morgan fingerprint density at radius 2 is 1.88 bits per heavy atom. The normalized spacial score (nSPS) is 12.0. The molecule has 3 aromatic heterocycles. The largest absolute Gasteiger partial charge is 0.481 e. The van der Waals surface area contributed by atoms with Gasteiger partial charge in [0.05, 0.1) is 35.8 Å². The van der Waals surface area contributed by atoms with E-state index in [1.54, 1.807) is 12.1 Å². The Labute approximate surface area is 185 Å². The standard InChI is InChI=1S/C20H19F2N5O5S/c1-32-17-4-3-12-18-16(9-24-19(12)25-17)26(5-2-6-28)20(29)27(18)10-13-14(21)7-11(8-15(13)22)33(23,30)31/h3-4,7-9,28H,2,5-6,10H2,1H3,(H2,23,30,31). The van der Waals surface area contributed by atoms with E-state index in [1.165, 1.54) is 17.9 Å². The molecule has 3 heterocycles. The lowest BCUT2D eigenvalue weighted by Gasteiger charge is -2.10. The molecule has 0 aliphatic rings. The van der Waals surface area contributed by atoms with E-state index in [0.717, 1.165) is 4.57 Å². The monoisotopic (exact) mass is 479 g/mol. The highest BCUT2D eigenvalue weighted by Gasteiger charge is 2.22. The number of aromatic nitrogens is 4. The molecule has 0 spiro atoms. The van der Waals surface area contributed by atoms with E-state index in [0.29, 0.717) is 34.4 Å². The lowest BCUT2D eigenvalue weighted by molar-refractivity contribution is 0.279. The second kappa shape index (κ2) is 8.50. The molecule has 4 rings (SSSR count). The number of benzene rings is 1. The van der Waals surface area contributed by atoms with Crippen molar-refractivity contribution in [2.45, 2.75) is 24.4 Å². The molecule has 0 atom stereocenters. The first kappa shape index (κ1) is 22.8. The zero-order valence-corrected chi connectivity index (χ0v) is 18.1. The highest BCUT2D eigenvalue weighted by atomic mass is 32.2. The number of nitrogens with two attached hydrogens (primary N) is 1. The second-order valence-electron chi connectivity index (χ2n) is 7.22. The van der Waals surface area contributed by atoms with Crippen molar-refractivity contribution in [2.24, 2.45) is 5.14 Å². The number of imidazole rings is 1. The van der Waals surface area contributed by atoms with Crippen LogP contribution >= 0.6 is 0 Å². The fourth-order valence-electron chi connectivity index (χ4n) is 3.62. The van der Waals surface area contributed by atoms with Crippen LogP contribution in [-0.2, 0) is 23.1 Å². The third kappa shape index (κ3) is 4.05. The molecule has 0 aliphatic carbocycles. The average molecular weight is 479 g/mol. The van der Waals surface area contributed by atoms with Gasteiger partial charge in [0.1, 0.15) is 11.6 Å². The quantitative estimate of drug-likeness (QED) is 0.404. The first-order chi connectivity index (χ1) is 15.7. The smallest absolute Gasteiger partial charge is 0.329 e. The molecule has 0 saturated carbocycles. The number of hydrogen-bond donors (Lipinski definition) is 2. The van der Waals surface area contributed by atoms with E-state index in [4.69, 9.17) is 9.88 Å². The maximum absolute atomic E-state index is 14.7. The summed E-state index contributed by atoms with van der Waals surface area (Å²) in [4.78, 5) is 21.0. The van der Waals surface area contributed by atoms with Gasteiger partial charge in [0.25, 0.3) is 0 Å². The van der Waals surface area contributed by atoms with Crippen LogP contribution in [0.4, 0.5) is 8.78 Å². The molecule has 0 aliphatic heterocycles. The van der Waals surface area contributed by atoms with Gasteiger partial charge in [-0.3, -0.25) is 9.13 Å². The molecular formula is C20H19F2N5O5S. The van der Waals surface area contributed by atoms with Crippen LogP contribution in [0.25, 0.3) is 22.1 Å². The number of aliphatic hydroxyl groups excluding tert-OH is 1. The van der Waals surface area contributed by atoms with E-state index in [9.17, 15) is 27.1 Å². The van der Waals surface area contributed by atoms with Gasteiger partial charge in [0.2, 0.25) is 15.9 Å². The predicted molar refractivity (Wildman–Crippen MR) is 114 cm³/mol. The summed E-state index contributed by atoms with van der Waals surface area (Å²) < 4.78 is 60.0. The zero-order chi connectivity index (χ0) is 23.9. The molecule has 0 unspecified atom stereocenters. The molecule has 4 aromatic rings. The van der Waals surface area contributed by atoms with Gasteiger partial charge in [-0.2, -0.15) is 4.98 Å². The Morgan fingerprint density at radius 3 is 2.48 bits per heavy atom. The number of primary sulfonamides is 1. The van der Waals surface area contributed by atoms with Gasteiger partial charge in [-0.1, -0.05) is 0 Å². The summed E-state index contributed by atoms with van der Waals surface area (Å²) in [6.07, 6.45) is 1.68. The number of rotatable bonds is 7. The second-order valence-corrected chi connectivity index (χ2v) is 8.79. The fourth-order valence-corrected chi connectivity index (χ4v) is 4.16. The van der Waals surface area contributed by atoms with Crippen molar-refractivity contribution < 1.29 is 27.0 Å². The van der Waals surface area contributed by atoms with Crippen LogP contribution in [0.2, 0.25) is 0 Å². The highest BCUT2D eigenvalue weighted by Crippen LogP contribution is 2.26. The highest BCUT2D eigenvalue weighted by molar-refractivity contribution is 7.89. The number of ether oxygens (including phenoxy) is 1. The zero-order valence-electron chi connectivity index (χ0n) is 17.3. The van der Waals surface area contributed by atoms with Crippen molar-refractivity contribution in [1.29, 1.82) is 0 Å². The Kier molecular flexibility index (Phi) is 5.86. The van der Waals surface area contributed by atoms with Crippen molar-refractivity contribution in [2.75, 3.05) is 13.7 Å². The summed E-state index contributed by atoms with van der Waals surface area (Å²) in [6.45, 7) is -0.558. The van der Waals surface area contributed by atoms with Gasteiger partial charge in [-0.25, -0.2) is 32.1 Å². The van der Waals surface area contributed by atoms with Crippen molar-refractivity contribution in [1.82, 2.24) is 19.1 Å². The van der Waals surface area contributed by atoms with Crippen molar-refractivity contribution in [3.05, 3.63) is 58.1 Å². The Morgan fingerprint density at radius 1 is 1.18 bits per heavy atom. The summed E-state index contributed by atoms with van der Waals surface area (Å²) >= 11 is 0. The number of aryl methyl sites for hydroxylation is 1. The van der Waals surface area contributed by atoms with E-state index >= 15 is 0 Å². The molecule has 174 valence electrons. The van der Waals surface area contributed by atoms with Gasteiger partial charge in [-0.15, -0.1) is 0 Å². The maximum atomic E-state index is 14.7. The third-order valence-electron chi connectivity index (χ3n) is 5.19. The van der Waals surface area contributed by atoms with Crippen LogP contribution in [0.1, 0.15) is 12.0 Å². The molecule has 0 fully saturated rings. The number of fused-ring (bicyclic) bond motifs is 3. The summed E-state index contributed by atoms with van der Waals surface area (Å²) in [5.41, 5.74) is -0.141. The Hall–Kier alpha value is -3.42. The van der Waals surface area contributed by atoms with Gasteiger partial charge >= 0.3 is 5.69 Å². The van der Waals surface area contributed by atoms with Crippen molar-refractivity contribution in [3.8, 4) is 5.88 Å². The molecule has 0 saturated heterocycles. The van der Waals surface area contributed by atoms with E-state index in [2.05, 4.69) is 9.97 Å². The lowest BCUT2D eigenvalue weighted by Crippen LogP contribution is -2.26. The lowest BCUT2D eigenvalue weighted by atomic mass is 10.2. The number of halogens is 2. The van der Waals surface area contributed by atoms with Crippen LogP contribution in [0, 0.1) is 11.6 Å². The van der Waals surface area contributed by atoms with Crippen molar-refractivity contribution >= 4 is 32.1 Å². The minimum Gasteiger partial charge on any atom is -0.481 e. The van der Waals surface area contributed by atoms with E-state index < -0.39 is 44.4 Å². The van der Waals surface area contributed by atoms with Crippen LogP contribution in [0.15, 0.2) is 40.2 Å². The van der Waals surface area contributed by atoms with Crippen molar-refractivity contribution in [3.63, 3.8) is 0 Å². The molecule has 1 aromatic carbocycles. The molecule has 0 amide bonds. The van der Waals surface area contributed by atoms with E-state index in [-0.39, 0.29) is 25.2 Å². The van der Waals surface area contributed by atoms with Gasteiger partial charge in [0.15, 0.2) is 5.65 Å². The molecule has 33 heavy (non-hydrogen) atoms. The molecular weight excluding hydrogens is 460 g/mol. The number of sulfonamides is 1. The van der Waals surface area contributed by atoms with Gasteiger partial charge < -0.3 is 9.84 Å². The van der Waals surface area contributed by atoms with Crippen LogP contribution in [-0.4, -0.2) is 46.3 Å². The summed E-state index contributed by atoms with van der Waals surface area (Å²) in [7, 11) is -2.89. The minimum atomic E-state index is -4.33. The number of hydrogen-bond acceptors (Lipinski definition) is 7.